The summed E-state index contributed by atoms with van der Waals surface area (Å²) in [6, 6.07) is 8.86. The highest BCUT2D eigenvalue weighted by atomic mass is 16.6. The second-order valence-electron chi connectivity index (χ2n) is 4.97. The van der Waals surface area contributed by atoms with Crippen LogP contribution >= 0.6 is 0 Å². The molecule has 0 aliphatic rings. The van der Waals surface area contributed by atoms with Crippen LogP contribution in [-0.2, 0) is 35.1 Å². The highest BCUT2D eigenvalue weighted by Gasteiger charge is 2.14. The molecule has 0 spiro atoms. The van der Waals surface area contributed by atoms with Gasteiger partial charge in [0.05, 0.1) is 12.5 Å². The molecule has 0 aliphatic carbocycles. The van der Waals surface area contributed by atoms with E-state index in [0.29, 0.717) is 6.08 Å². The van der Waals surface area contributed by atoms with Gasteiger partial charge < -0.3 is 14.6 Å². The van der Waals surface area contributed by atoms with Gasteiger partial charge in [-0.05, 0) is 18.9 Å². The third kappa shape index (κ3) is 8.47. The summed E-state index contributed by atoms with van der Waals surface area (Å²) in [4.78, 5) is 44.7. The van der Waals surface area contributed by atoms with Crippen molar-refractivity contribution in [1.29, 1.82) is 0 Å². The molecular weight excluding hydrogens is 316 g/mol. The lowest BCUT2D eigenvalue weighted by molar-refractivity contribution is -0.160. The van der Waals surface area contributed by atoms with Crippen molar-refractivity contribution in [3.8, 4) is 0 Å². The molecule has 1 rings (SSSR count). The molecule has 1 unspecified atom stereocenters. The molecule has 0 amide bonds. The smallest absolute Gasteiger partial charge is 0.331 e. The van der Waals surface area contributed by atoms with E-state index in [1.165, 1.54) is 0 Å². The number of rotatable bonds is 8. The Kier molecular flexibility index (Phi) is 7.90. The summed E-state index contributed by atoms with van der Waals surface area (Å²) in [6.07, 6.45) is 0.873. The molecule has 1 aromatic rings. The third-order valence-electron chi connectivity index (χ3n) is 2.85. The van der Waals surface area contributed by atoms with Crippen molar-refractivity contribution >= 4 is 23.9 Å². The molecule has 7 heteroatoms. The Bertz CT molecular complexity index is 619. The van der Waals surface area contributed by atoms with Crippen molar-refractivity contribution < 1.29 is 33.8 Å². The van der Waals surface area contributed by atoms with Gasteiger partial charge in [0.1, 0.15) is 0 Å². The fourth-order valence-corrected chi connectivity index (χ4v) is 1.73. The van der Waals surface area contributed by atoms with Crippen molar-refractivity contribution in [2.24, 2.45) is 0 Å². The first-order valence-corrected chi connectivity index (χ1v) is 7.26. The molecule has 128 valence electrons. The number of aliphatic carboxylic acids is 1. The molecule has 0 bridgehead atoms. The minimum Gasteiger partial charge on any atom is -0.478 e. The third-order valence-corrected chi connectivity index (χ3v) is 2.85. The lowest BCUT2D eigenvalue weighted by atomic mass is 10.1. The molecule has 0 saturated carbocycles. The van der Waals surface area contributed by atoms with Crippen molar-refractivity contribution in [3.05, 3.63) is 48.0 Å². The van der Waals surface area contributed by atoms with E-state index < -0.39 is 30.0 Å². The van der Waals surface area contributed by atoms with Gasteiger partial charge >= 0.3 is 23.9 Å². The normalized spacial score (nSPS) is 11.7. The van der Waals surface area contributed by atoms with Crippen LogP contribution in [-0.4, -0.2) is 35.1 Å². The van der Waals surface area contributed by atoms with Crippen LogP contribution in [0.1, 0.15) is 25.3 Å². The van der Waals surface area contributed by atoms with E-state index in [4.69, 9.17) is 9.84 Å². The molecule has 1 N–H and O–H groups in total. The first-order valence-electron chi connectivity index (χ1n) is 7.26. The van der Waals surface area contributed by atoms with Crippen LogP contribution < -0.4 is 0 Å². The van der Waals surface area contributed by atoms with Crippen LogP contribution in [0.15, 0.2) is 42.5 Å². The van der Waals surface area contributed by atoms with Gasteiger partial charge in [0.2, 0.25) is 0 Å². The van der Waals surface area contributed by atoms with Gasteiger partial charge in [-0.2, -0.15) is 0 Å². The number of ether oxygens (including phenoxy) is 2. The van der Waals surface area contributed by atoms with E-state index in [0.717, 1.165) is 11.6 Å². The second kappa shape index (κ2) is 9.94. The quantitative estimate of drug-likeness (QED) is 0.437. The Hall–Kier alpha value is -2.96. The molecule has 0 heterocycles. The Morgan fingerprint density at radius 1 is 1.08 bits per heavy atom. The molecule has 0 saturated heterocycles. The van der Waals surface area contributed by atoms with Gasteiger partial charge in [-0.3, -0.25) is 9.59 Å². The van der Waals surface area contributed by atoms with Gasteiger partial charge in [-0.15, -0.1) is 0 Å². The number of carboxylic acid groups (broad SMARTS) is 1. The summed E-state index contributed by atoms with van der Waals surface area (Å²) >= 11 is 0. The minimum atomic E-state index is -1.26. The molecule has 0 aliphatic heterocycles. The van der Waals surface area contributed by atoms with Crippen molar-refractivity contribution in [1.82, 2.24) is 0 Å². The summed E-state index contributed by atoms with van der Waals surface area (Å²) in [5.41, 5.74) is 0.739. The highest BCUT2D eigenvalue weighted by Crippen LogP contribution is 2.06. The number of hydrogen-bond donors (Lipinski definition) is 1. The summed E-state index contributed by atoms with van der Waals surface area (Å²) in [5.74, 6) is -3.45. The van der Waals surface area contributed by atoms with Crippen LogP contribution in [0, 0.1) is 0 Å². The average Bonchev–Trinajstić information content (AvgIpc) is 2.52. The number of hydrogen-bond acceptors (Lipinski definition) is 6. The zero-order chi connectivity index (χ0) is 17.9. The Labute approximate surface area is 138 Å². The predicted octanol–water partition coefficient (Wildman–Crippen LogP) is 1.65. The van der Waals surface area contributed by atoms with Crippen LogP contribution in [0.25, 0.3) is 0 Å². The number of carboxylic acids is 1. The lowest BCUT2D eigenvalue weighted by Gasteiger charge is -2.11. The van der Waals surface area contributed by atoms with Crippen molar-refractivity contribution in [2.75, 3.05) is 0 Å². The predicted molar refractivity (Wildman–Crippen MR) is 82.8 cm³/mol. The number of benzene rings is 1. The maximum atomic E-state index is 11.6. The molecule has 7 nitrogen and oxygen atoms in total. The van der Waals surface area contributed by atoms with Crippen LogP contribution in [0.4, 0.5) is 0 Å². The fraction of sp³-hybridized carbons (Fsp3) is 0.294. The number of esters is 3. The fourth-order valence-electron chi connectivity index (χ4n) is 1.73. The summed E-state index contributed by atoms with van der Waals surface area (Å²) < 4.78 is 9.55. The van der Waals surface area contributed by atoms with E-state index in [-0.39, 0.29) is 19.3 Å². The van der Waals surface area contributed by atoms with Gasteiger partial charge in [0.15, 0.2) is 0 Å². The molecule has 24 heavy (non-hydrogen) atoms. The monoisotopic (exact) mass is 334 g/mol. The largest absolute Gasteiger partial charge is 0.478 e. The zero-order valence-corrected chi connectivity index (χ0v) is 13.1. The first kappa shape index (κ1) is 19.1. The van der Waals surface area contributed by atoms with E-state index in [1.54, 1.807) is 31.2 Å². The van der Waals surface area contributed by atoms with Crippen LogP contribution in [0.5, 0.6) is 0 Å². The van der Waals surface area contributed by atoms with Crippen molar-refractivity contribution in [3.63, 3.8) is 0 Å². The topological polar surface area (TPSA) is 107 Å². The molecule has 0 aromatic heterocycles. The number of carbonyl (C=O) groups is 4. The standard InChI is InChI=1S/C17H18O7/c1-12(23-15(20)10-8-14(18)19)7-9-16(21)24-17(22)11-13-5-3-2-4-6-13/h2-6,8,10,12H,7,9,11H2,1H3,(H,18,19)/b10-8-. The Morgan fingerprint density at radius 3 is 2.38 bits per heavy atom. The average molecular weight is 334 g/mol. The van der Waals surface area contributed by atoms with Gasteiger partial charge in [0.25, 0.3) is 0 Å². The highest BCUT2D eigenvalue weighted by molar-refractivity contribution is 5.90. The van der Waals surface area contributed by atoms with E-state index in [9.17, 15) is 19.2 Å². The van der Waals surface area contributed by atoms with E-state index in [1.807, 2.05) is 6.07 Å². The number of carbonyl (C=O) groups excluding carboxylic acids is 3. The first-order chi connectivity index (χ1) is 11.4. The van der Waals surface area contributed by atoms with Gasteiger partial charge in [-0.25, -0.2) is 9.59 Å². The van der Waals surface area contributed by atoms with Crippen LogP contribution in [0.2, 0.25) is 0 Å². The second-order valence-corrected chi connectivity index (χ2v) is 4.97. The van der Waals surface area contributed by atoms with Gasteiger partial charge in [-0.1, -0.05) is 30.3 Å². The van der Waals surface area contributed by atoms with Crippen LogP contribution in [0.3, 0.4) is 0 Å². The lowest BCUT2D eigenvalue weighted by Crippen LogP contribution is -2.18. The molecular formula is C17H18O7. The maximum Gasteiger partial charge on any atom is 0.331 e. The molecule has 1 atom stereocenters. The Morgan fingerprint density at radius 2 is 1.75 bits per heavy atom. The SMILES string of the molecule is CC(CCC(=O)OC(=O)Cc1ccccc1)OC(=O)/C=C\C(=O)O. The molecule has 0 radical (unpaired) electrons. The summed E-state index contributed by atoms with van der Waals surface area (Å²) in [7, 11) is 0. The van der Waals surface area contributed by atoms with Crippen molar-refractivity contribution in [2.45, 2.75) is 32.3 Å². The summed E-state index contributed by atoms with van der Waals surface area (Å²) in [5, 5.41) is 8.37. The van der Waals surface area contributed by atoms with Gasteiger partial charge in [0, 0.05) is 18.6 Å². The minimum absolute atomic E-state index is 0.00287. The molecule has 1 aromatic carbocycles. The molecule has 0 fully saturated rings. The summed E-state index contributed by atoms with van der Waals surface area (Å²) in [6.45, 7) is 1.55. The maximum absolute atomic E-state index is 11.6. The zero-order valence-electron chi connectivity index (χ0n) is 13.1. The Balaban J connectivity index is 2.28. The van der Waals surface area contributed by atoms with E-state index in [2.05, 4.69) is 4.74 Å². The van der Waals surface area contributed by atoms with E-state index >= 15 is 0 Å².